The van der Waals surface area contributed by atoms with Crippen molar-refractivity contribution in [3.63, 3.8) is 0 Å². The Labute approximate surface area is 137 Å². The van der Waals surface area contributed by atoms with Crippen LogP contribution in [0.2, 0.25) is 25.7 Å². The summed E-state index contributed by atoms with van der Waals surface area (Å²) < 4.78 is 7.48. The highest BCUT2D eigenvalue weighted by Crippen LogP contribution is 2.23. The lowest BCUT2D eigenvalue weighted by molar-refractivity contribution is 0.0689. The molecule has 0 fully saturated rings. The number of carboxylic acid groups (broad SMARTS) is 1. The second-order valence-electron chi connectivity index (χ2n) is 6.78. The molecule has 5 nitrogen and oxygen atoms in total. The zero-order valence-corrected chi connectivity index (χ0v) is 15.0. The molecule has 0 bridgehead atoms. The lowest BCUT2D eigenvalue weighted by atomic mass is 10.1. The van der Waals surface area contributed by atoms with Crippen molar-refractivity contribution in [2.24, 2.45) is 0 Å². The molecule has 2 aromatic rings. The van der Waals surface area contributed by atoms with Crippen molar-refractivity contribution in [3.8, 4) is 11.3 Å². The molecule has 23 heavy (non-hydrogen) atoms. The molecule has 0 spiro atoms. The Bertz CT molecular complexity index is 648. The van der Waals surface area contributed by atoms with Crippen LogP contribution < -0.4 is 0 Å². The molecule has 6 heteroatoms. The maximum Gasteiger partial charge on any atom is 0.356 e. The molecular formula is C17H24N2O3Si. The highest BCUT2D eigenvalue weighted by molar-refractivity contribution is 6.76. The summed E-state index contributed by atoms with van der Waals surface area (Å²) in [5.41, 5.74) is 1.47. The van der Waals surface area contributed by atoms with E-state index in [1.54, 1.807) is 4.57 Å². The number of benzene rings is 1. The molecule has 0 aliphatic rings. The van der Waals surface area contributed by atoms with Gasteiger partial charge in [0.15, 0.2) is 5.69 Å². The lowest BCUT2D eigenvalue weighted by Crippen LogP contribution is -2.19. The molecule has 0 aliphatic heterocycles. The van der Waals surface area contributed by atoms with E-state index in [0.717, 1.165) is 12.0 Å². The molecule has 1 heterocycles. The van der Waals surface area contributed by atoms with E-state index >= 15 is 0 Å². The van der Waals surface area contributed by atoms with Gasteiger partial charge in [0.2, 0.25) is 0 Å². The number of nitrogens with zero attached hydrogens (tertiary/aromatic N) is 2. The Kier molecular flexibility index (Phi) is 5.73. The van der Waals surface area contributed by atoms with Gasteiger partial charge in [-0.1, -0.05) is 56.0 Å². The quantitative estimate of drug-likeness (QED) is 0.587. The number of aromatic nitrogens is 2. The van der Waals surface area contributed by atoms with Crippen LogP contribution in [0.25, 0.3) is 11.3 Å². The van der Waals surface area contributed by atoms with Gasteiger partial charge < -0.3 is 14.4 Å². The summed E-state index contributed by atoms with van der Waals surface area (Å²) in [7, 11) is -1.04. The van der Waals surface area contributed by atoms with Crippen LogP contribution in [0.3, 0.4) is 0 Å². The van der Waals surface area contributed by atoms with Crippen LogP contribution in [0, 0.1) is 0 Å². The summed E-state index contributed by atoms with van der Waals surface area (Å²) in [4.78, 5) is 15.4. The van der Waals surface area contributed by atoms with Crippen molar-refractivity contribution < 1.29 is 14.6 Å². The summed E-state index contributed by atoms with van der Waals surface area (Å²) in [6.45, 7) is 8.02. The van der Waals surface area contributed by atoms with Gasteiger partial charge in [-0.25, -0.2) is 9.78 Å². The minimum atomic E-state index is -1.04. The molecule has 124 valence electrons. The van der Waals surface area contributed by atoms with E-state index in [1.165, 1.54) is 12.4 Å². The molecule has 0 saturated heterocycles. The third-order valence-corrected chi connectivity index (χ3v) is 5.39. The molecule has 1 aromatic heterocycles. The smallest absolute Gasteiger partial charge is 0.356 e. The Morgan fingerprint density at radius 3 is 2.57 bits per heavy atom. The van der Waals surface area contributed by atoms with Gasteiger partial charge in [0.25, 0.3) is 0 Å². The van der Waals surface area contributed by atoms with E-state index in [2.05, 4.69) is 24.6 Å². The van der Waals surface area contributed by atoms with Crippen molar-refractivity contribution in [2.75, 3.05) is 6.61 Å². The maximum absolute atomic E-state index is 11.4. The van der Waals surface area contributed by atoms with Gasteiger partial charge in [0.05, 0.1) is 12.0 Å². The predicted octanol–water partition coefficient (Wildman–Crippen LogP) is 3.95. The van der Waals surface area contributed by atoms with Gasteiger partial charge in [-0.05, 0) is 6.42 Å². The zero-order chi connectivity index (χ0) is 16.9. The Hall–Kier alpha value is -1.92. The minimum absolute atomic E-state index is 0.0573. The Morgan fingerprint density at radius 1 is 1.26 bits per heavy atom. The topological polar surface area (TPSA) is 64.4 Å². The summed E-state index contributed by atoms with van der Waals surface area (Å²) >= 11 is 0. The fourth-order valence-electron chi connectivity index (χ4n) is 2.40. The zero-order valence-electron chi connectivity index (χ0n) is 14.0. The number of ether oxygens (including phenoxy) is 1. The van der Waals surface area contributed by atoms with Crippen LogP contribution in [0.4, 0.5) is 0 Å². The Balaban J connectivity index is 2.06. The summed E-state index contributed by atoms with van der Waals surface area (Å²) in [5.74, 6) is -1.03. The van der Waals surface area contributed by atoms with Crippen molar-refractivity contribution in [1.29, 1.82) is 0 Å². The lowest BCUT2D eigenvalue weighted by Gasteiger charge is -2.15. The number of carboxylic acids is 1. The number of hydrogen-bond donors (Lipinski definition) is 1. The number of hydrogen-bond acceptors (Lipinski definition) is 3. The SMILES string of the molecule is C[Si](C)(C)CCCOCn1cnc(C(=O)O)c1-c1ccccc1. The normalized spacial score (nSPS) is 11.6. The minimum Gasteiger partial charge on any atom is -0.476 e. The largest absolute Gasteiger partial charge is 0.476 e. The molecule has 0 unspecified atom stereocenters. The first kappa shape index (κ1) is 17.4. The van der Waals surface area contributed by atoms with Gasteiger partial charge in [-0.15, -0.1) is 0 Å². The van der Waals surface area contributed by atoms with Crippen molar-refractivity contribution in [3.05, 3.63) is 42.4 Å². The average Bonchev–Trinajstić information content (AvgIpc) is 2.90. The van der Waals surface area contributed by atoms with E-state index < -0.39 is 14.0 Å². The predicted molar refractivity (Wildman–Crippen MR) is 93.3 cm³/mol. The van der Waals surface area contributed by atoms with Crippen molar-refractivity contribution >= 4 is 14.0 Å². The third-order valence-electron chi connectivity index (χ3n) is 3.53. The number of rotatable bonds is 8. The van der Waals surface area contributed by atoms with E-state index in [0.29, 0.717) is 19.0 Å². The van der Waals surface area contributed by atoms with Crippen LogP contribution in [-0.4, -0.2) is 35.3 Å². The van der Waals surface area contributed by atoms with Crippen LogP contribution >= 0.6 is 0 Å². The highest BCUT2D eigenvalue weighted by atomic mass is 28.3. The monoisotopic (exact) mass is 332 g/mol. The number of aromatic carboxylic acids is 1. The van der Waals surface area contributed by atoms with Crippen molar-refractivity contribution in [1.82, 2.24) is 9.55 Å². The van der Waals surface area contributed by atoms with Crippen molar-refractivity contribution in [2.45, 2.75) is 38.8 Å². The standard InChI is InChI=1S/C17H24N2O3Si/c1-23(2,3)11-7-10-22-13-19-12-18-15(17(20)21)16(19)14-8-5-4-6-9-14/h4-6,8-9,12H,7,10-11,13H2,1-3H3,(H,20,21). The van der Waals surface area contributed by atoms with Gasteiger partial charge in [0.1, 0.15) is 6.73 Å². The molecule has 1 N–H and O–H groups in total. The third kappa shape index (κ3) is 5.04. The van der Waals surface area contributed by atoms with Gasteiger partial charge >= 0.3 is 5.97 Å². The molecule has 0 atom stereocenters. The van der Waals surface area contributed by atoms with Gasteiger partial charge in [0, 0.05) is 20.2 Å². The summed E-state index contributed by atoms with van der Waals surface area (Å²) in [5, 5.41) is 9.33. The Morgan fingerprint density at radius 2 is 1.96 bits per heavy atom. The van der Waals surface area contributed by atoms with Crippen LogP contribution in [-0.2, 0) is 11.5 Å². The number of carbonyl (C=O) groups is 1. The second-order valence-corrected chi connectivity index (χ2v) is 12.4. The first-order valence-corrected chi connectivity index (χ1v) is 11.5. The molecule has 0 aliphatic carbocycles. The molecular weight excluding hydrogens is 308 g/mol. The van der Waals surface area contributed by atoms with Crippen LogP contribution in [0.1, 0.15) is 16.9 Å². The average molecular weight is 332 g/mol. The molecule has 0 radical (unpaired) electrons. The van der Waals surface area contributed by atoms with E-state index in [4.69, 9.17) is 4.74 Å². The van der Waals surface area contributed by atoms with E-state index in [-0.39, 0.29) is 5.69 Å². The number of imidazole rings is 1. The first-order chi connectivity index (χ1) is 10.9. The summed E-state index contributed by atoms with van der Waals surface area (Å²) in [6, 6.07) is 10.6. The van der Waals surface area contributed by atoms with E-state index in [1.807, 2.05) is 30.3 Å². The van der Waals surface area contributed by atoms with Crippen LogP contribution in [0.15, 0.2) is 36.7 Å². The fraction of sp³-hybridized carbons (Fsp3) is 0.412. The highest BCUT2D eigenvalue weighted by Gasteiger charge is 2.18. The maximum atomic E-state index is 11.4. The summed E-state index contributed by atoms with van der Waals surface area (Å²) in [6.07, 6.45) is 2.57. The molecule has 0 saturated carbocycles. The molecule has 1 aromatic carbocycles. The first-order valence-electron chi connectivity index (χ1n) is 7.80. The van der Waals surface area contributed by atoms with Crippen LogP contribution in [0.5, 0.6) is 0 Å². The molecule has 0 amide bonds. The second kappa shape index (κ2) is 7.57. The molecule has 2 rings (SSSR count). The fourth-order valence-corrected chi connectivity index (χ4v) is 3.61. The van der Waals surface area contributed by atoms with E-state index in [9.17, 15) is 9.90 Å². The van der Waals surface area contributed by atoms with Gasteiger partial charge in [-0.3, -0.25) is 0 Å². The van der Waals surface area contributed by atoms with Gasteiger partial charge in [-0.2, -0.15) is 0 Å².